The lowest BCUT2D eigenvalue weighted by molar-refractivity contribution is 0.677. The minimum Gasteiger partial charge on any atom is -0.385 e. The number of nitrogens with one attached hydrogen (secondary N) is 1. The Labute approximate surface area is 268 Å². The quantitative estimate of drug-likeness (QED) is 0.109. The van der Waals surface area contributed by atoms with Crippen LogP contribution in [-0.4, -0.2) is 32.7 Å². The molecule has 236 valence electrons. The molecule has 4 aromatic rings. The highest BCUT2D eigenvalue weighted by molar-refractivity contribution is 5.97. The van der Waals surface area contributed by atoms with Crippen molar-refractivity contribution < 1.29 is 0 Å². The Hall–Kier alpha value is -3.46. The molecular weight excluding hydrogens is 534 g/mol. The van der Waals surface area contributed by atoms with Crippen molar-refractivity contribution in [1.82, 2.24) is 0 Å². The summed E-state index contributed by atoms with van der Waals surface area (Å²) in [5.74, 6) is 0.151. The van der Waals surface area contributed by atoms with Gasteiger partial charge in [-0.3, -0.25) is 0 Å². The van der Waals surface area contributed by atoms with Gasteiger partial charge < -0.3 is 15.1 Å². The largest absolute Gasteiger partial charge is 0.385 e. The molecule has 0 unspecified atom stereocenters. The van der Waals surface area contributed by atoms with Crippen molar-refractivity contribution in [2.75, 3.05) is 47.8 Å². The van der Waals surface area contributed by atoms with E-state index in [0.29, 0.717) is 0 Å². The molecule has 0 aliphatic rings. The maximum atomic E-state index is 3.59. The van der Waals surface area contributed by atoms with Crippen molar-refractivity contribution in [3.8, 4) is 0 Å². The van der Waals surface area contributed by atoms with E-state index in [1.807, 2.05) is 0 Å². The Morgan fingerprint density at radius 1 is 0.500 bits per heavy atom. The highest BCUT2D eigenvalue weighted by Crippen LogP contribution is 2.39. The molecular formula is C41H57N3. The summed E-state index contributed by atoms with van der Waals surface area (Å²) in [5.41, 5.74) is 7.97. The van der Waals surface area contributed by atoms with Crippen LogP contribution in [0.5, 0.6) is 0 Å². The van der Waals surface area contributed by atoms with Gasteiger partial charge in [-0.05, 0) is 85.0 Å². The third kappa shape index (κ3) is 8.58. The molecule has 4 aromatic carbocycles. The van der Waals surface area contributed by atoms with Crippen LogP contribution in [0.2, 0.25) is 0 Å². The number of nitrogens with zero attached hydrogens (tertiary/aromatic N) is 2. The first kappa shape index (κ1) is 33.4. The third-order valence-electron chi connectivity index (χ3n) is 8.95. The Kier molecular flexibility index (Phi) is 13.5. The molecule has 0 amide bonds. The SMILES string of the molecule is CCCCN(CCCC)c1ccc(C(c2ccc(N(CCCC)CCCC)cc2)c2ccc(NCC)c3ccccc23)cc1. The van der Waals surface area contributed by atoms with Gasteiger partial charge in [0, 0.05) is 61.1 Å². The monoisotopic (exact) mass is 591 g/mol. The summed E-state index contributed by atoms with van der Waals surface area (Å²) in [7, 11) is 0. The van der Waals surface area contributed by atoms with Gasteiger partial charge in [0.2, 0.25) is 0 Å². The molecule has 0 aliphatic heterocycles. The molecule has 3 heteroatoms. The first-order valence-corrected chi connectivity index (χ1v) is 17.6. The second-order valence-electron chi connectivity index (χ2n) is 12.3. The summed E-state index contributed by atoms with van der Waals surface area (Å²) in [4.78, 5) is 5.17. The molecule has 0 aromatic heterocycles. The average molecular weight is 592 g/mol. The predicted octanol–water partition coefficient (Wildman–Crippen LogP) is 11.3. The van der Waals surface area contributed by atoms with Crippen LogP contribution in [0.3, 0.4) is 0 Å². The molecule has 0 atom stereocenters. The van der Waals surface area contributed by atoms with Gasteiger partial charge in [0.1, 0.15) is 0 Å². The summed E-state index contributed by atoms with van der Waals surface area (Å²) in [6.45, 7) is 16.7. The number of hydrogen-bond donors (Lipinski definition) is 1. The zero-order chi connectivity index (χ0) is 31.1. The van der Waals surface area contributed by atoms with Crippen molar-refractivity contribution in [2.45, 2.75) is 91.9 Å². The van der Waals surface area contributed by atoms with Gasteiger partial charge in [-0.15, -0.1) is 0 Å². The van der Waals surface area contributed by atoms with Crippen molar-refractivity contribution >= 4 is 27.8 Å². The van der Waals surface area contributed by atoms with E-state index in [1.54, 1.807) is 0 Å². The molecule has 0 bridgehead atoms. The molecule has 0 saturated heterocycles. The van der Waals surface area contributed by atoms with Crippen LogP contribution >= 0.6 is 0 Å². The normalized spacial score (nSPS) is 11.3. The molecule has 4 rings (SSSR count). The number of anilines is 3. The van der Waals surface area contributed by atoms with Gasteiger partial charge in [-0.25, -0.2) is 0 Å². The zero-order valence-corrected chi connectivity index (χ0v) is 28.2. The maximum absolute atomic E-state index is 3.59. The first-order chi connectivity index (χ1) is 21.6. The summed E-state index contributed by atoms with van der Waals surface area (Å²) in [5, 5.41) is 6.21. The molecule has 0 spiro atoms. The molecule has 0 fully saturated rings. The van der Waals surface area contributed by atoms with E-state index in [9.17, 15) is 0 Å². The Bertz CT molecular complexity index is 1300. The highest BCUT2D eigenvalue weighted by atomic mass is 15.1. The fourth-order valence-corrected chi connectivity index (χ4v) is 6.36. The second kappa shape index (κ2) is 17.7. The van der Waals surface area contributed by atoms with Gasteiger partial charge in [0.05, 0.1) is 0 Å². The van der Waals surface area contributed by atoms with Crippen molar-refractivity contribution in [2.24, 2.45) is 0 Å². The minimum atomic E-state index is 0.151. The van der Waals surface area contributed by atoms with E-state index in [-0.39, 0.29) is 5.92 Å². The maximum Gasteiger partial charge on any atom is 0.0419 e. The van der Waals surface area contributed by atoms with Crippen LogP contribution in [0.1, 0.15) is 109 Å². The smallest absolute Gasteiger partial charge is 0.0419 e. The lowest BCUT2D eigenvalue weighted by Gasteiger charge is -2.27. The Morgan fingerprint density at radius 2 is 0.932 bits per heavy atom. The van der Waals surface area contributed by atoms with E-state index in [2.05, 4.69) is 135 Å². The topological polar surface area (TPSA) is 18.5 Å². The summed E-state index contributed by atoms with van der Waals surface area (Å²) >= 11 is 0. The molecule has 0 aliphatic carbocycles. The highest BCUT2D eigenvalue weighted by Gasteiger charge is 2.21. The Balaban J connectivity index is 1.78. The number of unbranched alkanes of at least 4 members (excludes halogenated alkanes) is 4. The molecule has 0 radical (unpaired) electrons. The lowest BCUT2D eigenvalue weighted by atomic mass is 9.82. The Morgan fingerprint density at radius 3 is 1.34 bits per heavy atom. The van der Waals surface area contributed by atoms with Crippen molar-refractivity contribution in [1.29, 1.82) is 0 Å². The van der Waals surface area contributed by atoms with Gasteiger partial charge in [0.15, 0.2) is 0 Å². The number of hydrogen-bond acceptors (Lipinski definition) is 3. The predicted molar refractivity (Wildman–Crippen MR) is 196 cm³/mol. The lowest BCUT2D eigenvalue weighted by Crippen LogP contribution is -2.25. The zero-order valence-electron chi connectivity index (χ0n) is 28.2. The molecule has 3 nitrogen and oxygen atoms in total. The van der Waals surface area contributed by atoms with E-state index in [1.165, 1.54) is 95.9 Å². The van der Waals surface area contributed by atoms with Crippen LogP contribution in [0.15, 0.2) is 84.9 Å². The first-order valence-electron chi connectivity index (χ1n) is 17.6. The van der Waals surface area contributed by atoms with Crippen LogP contribution in [-0.2, 0) is 0 Å². The van der Waals surface area contributed by atoms with Crippen molar-refractivity contribution in [3.05, 3.63) is 102 Å². The van der Waals surface area contributed by atoms with Crippen LogP contribution < -0.4 is 15.1 Å². The standard InChI is InChI=1S/C41H57N3/c1-6-11-29-43(30-12-7-2)35-23-19-33(20-24-35)41(39-27-28-40(42-10-5)38-18-16-15-17-37(38)39)34-21-25-36(26-22-34)44(31-13-8-3)32-14-9-4/h15-28,41-42H,6-14,29-32H2,1-5H3. The van der Waals surface area contributed by atoms with Crippen LogP contribution in [0, 0.1) is 0 Å². The fraction of sp³-hybridized carbons (Fsp3) is 0.463. The second-order valence-corrected chi connectivity index (χ2v) is 12.3. The third-order valence-corrected chi connectivity index (χ3v) is 8.95. The van der Waals surface area contributed by atoms with E-state index in [0.717, 1.165) is 32.7 Å². The van der Waals surface area contributed by atoms with Crippen LogP contribution in [0.4, 0.5) is 17.1 Å². The molecule has 0 saturated carbocycles. The van der Waals surface area contributed by atoms with Crippen LogP contribution in [0.25, 0.3) is 10.8 Å². The number of benzene rings is 4. The van der Waals surface area contributed by atoms with Gasteiger partial charge in [0.25, 0.3) is 0 Å². The molecule has 1 N–H and O–H groups in total. The van der Waals surface area contributed by atoms with E-state index >= 15 is 0 Å². The van der Waals surface area contributed by atoms with Crippen molar-refractivity contribution in [3.63, 3.8) is 0 Å². The van der Waals surface area contributed by atoms with Gasteiger partial charge in [-0.1, -0.05) is 108 Å². The average Bonchev–Trinajstić information content (AvgIpc) is 3.07. The fourth-order valence-electron chi connectivity index (χ4n) is 6.36. The number of rotatable bonds is 19. The summed E-state index contributed by atoms with van der Waals surface area (Å²) in [6, 6.07) is 32.6. The summed E-state index contributed by atoms with van der Waals surface area (Å²) < 4.78 is 0. The van der Waals surface area contributed by atoms with Gasteiger partial charge >= 0.3 is 0 Å². The summed E-state index contributed by atoms with van der Waals surface area (Å²) in [6.07, 6.45) is 9.84. The minimum absolute atomic E-state index is 0.151. The van der Waals surface area contributed by atoms with E-state index in [4.69, 9.17) is 0 Å². The van der Waals surface area contributed by atoms with E-state index < -0.39 is 0 Å². The molecule has 0 heterocycles. The number of fused-ring (bicyclic) bond motifs is 1. The molecule has 44 heavy (non-hydrogen) atoms. The van der Waals surface area contributed by atoms with Gasteiger partial charge in [-0.2, -0.15) is 0 Å².